The van der Waals surface area contributed by atoms with E-state index in [1.54, 1.807) is 25.2 Å². The van der Waals surface area contributed by atoms with Crippen LogP contribution in [0.4, 0.5) is 0 Å². The Kier molecular flexibility index (Phi) is 4.18. The fourth-order valence-corrected chi connectivity index (χ4v) is 1.61. The fourth-order valence-electron chi connectivity index (χ4n) is 1.14. The maximum absolute atomic E-state index is 11.2. The van der Waals surface area contributed by atoms with Gasteiger partial charge in [-0.1, -0.05) is 35.8 Å². The second kappa shape index (κ2) is 5.19. The molecule has 0 atom stereocenters. The summed E-state index contributed by atoms with van der Waals surface area (Å²) in [5.41, 5.74) is 0.860. The predicted molar refractivity (Wildman–Crippen MR) is 63.1 cm³/mol. The molecule has 0 aliphatic carbocycles. The number of hydrogen-bond donors (Lipinski definition) is 0. The van der Waals surface area contributed by atoms with Crippen molar-refractivity contribution in [3.05, 3.63) is 46.5 Å². The van der Waals surface area contributed by atoms with E-state index in [1.165, 1.54) is 11.0 Å². The molecule has 0 aliphatic heterocycles. The number of halogens is 2. The monoisotopic (exact) mass is 243 g/mol. The van der Waals surface area contributed by atoms with Crippen LogP contribution in [0, 0.1) is 0 Å². The standard InChI is InChI=1S/C11H11Cl2NO/c1-3-11(15)14(2)7-8-4-5-9(12)6-10(8)13/h3-6H,1,7H2,2H3. The van der Waals surface area contributed by atoms with Gasteiger partial charge in [-0.3, -0.25) is 4.79 Å². The normalized spacial score (nSPS) is 9.80. The summed E-state index contributed by atoms with van der Waals surface area (Å²) in [4.78, 5) is 12.8. The third-order valence-corrected chi connectivity index (χ3v) is 2.56. The highest BCUT2D eigenvalue weighted by molar-refractivity contribution is 6.35. The Hall–Kier alpha value is -0.990. The van der Waals surface area contributed by atoms with Crippen LogP contribution in [-0.4, -0.2) is 17.9 Å². The Morgan fingerprint density at radius 3 is 2.73 bits per heavy atom. The largest absolute Gasteiger partial charge is 0.338 e. The van der Waals surface area contributed by atoms with Crippen LogP contribution in [0.25, 0.3) is 0 Å². The Bertz CT molecular complexity index is 390. The van der Waals surface area contributed by atoms with Crippen LogP contribution in [0.5, 0.6) is 0 Å². The van der Waals surface area contributed by atoms with Gasteiger partial charge in [-0.2, -0.15) is 0 Å². The molecule has 0 saturated heterocycles. The number of likely N-dealkylation sites (N-methyl/N-ethyl adjacent to an activating group) is 1. The summed E-state index contributed by atoms with van der Waals surface area (Å²) in [5.74, 6) is -0.138. The SMILES string of the molecule is C=CC(=O)N(C)Cc1ccc(Cl)cc1Cl. The number of nitrogens with zero attached hydrogens (tertiary/aromatic N) is 1. The molecule has 0 N–H and O–H groups in total. The molecule has 0 spiro atoms. The average Bonchev–Trinajstić information content (AvgIpc) is 2.20. The lowest BCUT2D eigenvalue weighted by atomic mass is 10.2. The van der Waals surface area contributed by atoms with Crippen molar-refractivity contribution in [2.24, 2.45) is 0 Å². The van der Waals surface area contributed by atoms with Crippen molar-refractivity contribution < 1.29 is 4.79 Å². The Morgan fingerprint density at radius 2 is 2.20 bits per heavy atom. The molecule has 15 heavy (non-hydrogen) atoms. The first kappa shape index (κ1) is 12.1. The molecule has 0 unspecified atom stereocenters. The summed E-state index contributed by atoms with van der Waals surface area (Å²) in [6.07, 6.45) is 1.27. The second-order valence-corrected chi connectivity index (χ2v) is 3.98. The van der Waals surface area contributed by atoms with E-state index in [4.69, 9.17) is 23.2 Å². The average molecular weight is 244 g/mol. The number of carbonyl (C=O) groups excluding carboxylic acids is 1. The molecule has 1 aromatic carbocycles. The molecule has 0 radical (unpaired) electrons. The Labute approximate surface area is 99.1 Å². The predicted octanol–water partition coefficient (Wildman–Crippen LogP) is 3.14. The van der Waals surface area contributed by atoms with Crippen LogP contribution in [0.1, 0.15) is 5.56 Å². The summed E-state index contributed by atoms with van der Waals surface area (Å²) in [7, 11) is 1.69. The lowest BCUT2D eigenvalue weighted by Gasteiger charge is -2.15. The van der Waals surface area contributed by atoms with E-state index in [2.05, 4.69) is 6.58 Å². The third-order valence-electron chi connectivity index (χ3n) is 1.97. The highest BCUT2D eigenvalue weighted by atomic mass is 35.5. The minimum atomic E-state index is -0.138. The van der Waals surface area contributed by atoms with Gasteiger partial charge >= 0.3 is 0 Å². The first-order chi connectivity index (χ1) is 7.04. The second-order valence-electron chi connectivity index (χ2n) is 3.13. The van der Waals surface area contributed by atoms with Crippen LogP contribution in [0.15, 0.2) is 30.9 Å². The van der Waals surface area contributed by atoms with Crippen molar-refractivity contribution in [3.63, 3.8) is 0 Å². The maximum atomic E-state index is 11.2. The first-order valence-electron chi connectivity index (χ1n) is 4.36. The minimum absolute atomic E-state index is 0.138. The molecular weight excluding hydrogens is 233 g/mol. The molecule has 0 bridgehead atoms. The Morgan fingerprint density at radius 1 is 1.53 bits per heavy atom. The molecule has 4 heteroatoms. The molecule has 2 nitrogen and oxygen atoms in total. The number of carbonyl (C=O) groups is 1. The van der Waals surface area contributed by atoms with Gasteiger partial charge in [0.05, 0.1) is 0 Å². The summed E-state index contributed by atoms with van der Waals surface area (Å²) in [5, 5.41) is 1.15. The van der Waals surface area contributed by atoms with Gasteiger partial charge in [0.2, 0.25) is 5.91 Å². The van der Waals surface area contributed by atoms with Crippen molar-refractivity contribution in [1.29, 1.82) is 0 Å². The highest BCUT2D eigenvalue weighted by Gasteiger charge is 2.07. The lowest BCUT2D eigenvalue weighted by molar-refractivity contribution is -0.125. The van der Waals surface area contributed by atoms with E-state index in [-0.39, 0.29) is 5.91 Å². The zero-order valence-electron chi connectivity index (χ0n) is 8.34. The fraction of sp³-hybridized carbons (Fsp3) is 0.182. The zero-order valence-corrected chi connectivity index (χ0v) is 9.85. The lowest BCUT2D eigenvalue weighted by Crippen LogP contribution is -2.23. The highest BCUT2D eigenvalue weighted by Crippen LogP contribution is 2.21. The van der Waals surface area contributed by atoms with Crippen molar-refractivity contribution in [3.8, 4) is 0 Å². The van der Waals surface area contributed by atoms with Gasteiger partial charge in [-0.25, -0.2) is 0 Å². The van der Waals surface area contributed by atoms with Crippen LogP contribution < -0.4 is 0 Å². The van der Waals surface area contributed by atoms with Crippen molar-refractivity contribution in [2.45, 2.75) is 6.54 Å². The van der Waals surface area contributed by atoms with Crippen LogP contribution >= 0.6 is 23.2 Å². The van der Waals surface area contributed by atoms with Gasteiger partial charge in [0.25, 0.3) is 0 Å². The molecule has 0 aliphatic rings. The van der Waals surface area contributed by atoms with E-state index < -0.39 is 0 Å². The van der Waals surface area contributed by atoms with E-state index >= 15 is 0 Å². The number of benzene rings is 1. The van der Waals surface area contributed by atoms with Gasteiger partial charge in [0, 0.05) is 23.6 Å². The molecule has 0 aromatic heterocycles. The zero-order chi connectivity index (χ0) is 11.4. The third kappa shape index (κ3) is 3.26. The molecule has 0 fully saturated rings. The first-order valence-corrected chi connectivity index (χ1v) is 5.11. The van der Waals surface area contributed by atoms with Crippen molar-refractivity contribution >= 4 is 29.1 Å². The Balaban J connectivity index is 2.81. The number of rotatable bonds is 3. The quantitative estimate of drug-likeness (QED) is 0.748. The number of amides is 1. The van der Waals surface area contributed by atoms with Crippen molar-refractivity contribution in [1.82, 2.24) is 4.90 Å². The maximum Gasteiger partial charge on any atom is 0.245 e. The molecule has 1 aromatic rings. The molecule has 0 saturated carbocycles. The van der Waals surface area contributed by atoms with Gasteiger partial charge in [0.15, 0.2) is 0 Å². The van der Waals surface area contributed by atoms with Crippen LogP contribution in [-0.2, 0) is 11.3 Å². The van der Waals surface area contributed by atoms with Crippen molar-refractivity contribution in [2.75, 3.05) is 7.05 Å². The van der Waals surface area contributed by atoms with E-state index in [0.717, 1.165) is 5.56 Å². The minimum Gasteiger partial charge on any atom is -0.338 e. The molecule has 0 heterocycles. The van der Waals surface area contributed by atoms with E-state index in [0.29, 0.717) is 16.6 Å². The van der Waals surface area contributed by atoms with Gasteiger partial charge in [-0.05, 0) is 23.8 Å². The van der Waals surface area contributed by atoms with Crippen LogP contribution in [0.2, 0.25) is 10.0 Å². The van der Waals surface area contributed by atoms with E-state index in [1.807, 2.05) is 0 Å². The molecule has 1 amide bonds. The summed E-state index contributed by atoms with van der Waals surface area (Å²) >= 11 is 11.7. The van der Waals surface area contributed by atoms with Gasteiger partial charge in [-0.15, -0.1) is 0 Å². The van der Waals surface area contributed by atoms with Gasteiger partial charge < -0.3 is 4.90 Å². The topological polar surface area (TPSA) is 20.3 Å². The summed E-state index contributed by atoms with van der Waals surface area (Å²) in [6.45, 7) is 3.86. The smallest absolute Gasteiger partial charge is 0.245 e. The van der Waals surface area contributed by atoms with Crippen LogP contribution in [0.3, 0.4) is 0 Å². The molecule has 80 valence electrons. The summed E-state index contributed by atoms with van der Waals surface area (Å²) < 4.78 is 0. The molecule has 1 rings (SSSR count). The summed E-state index contributed by atoms with van der Waals surface area (Å²) in [6, 6.07) is 5.21. The number of hydrogen-bond acceptors (Lipinski definition) is 1. The van der Waals surface area contributed by atoms with Gasteiger partial charge in [0.1, 0.15) is 0 Å². The van der Waals surface area contributed by atoms with E-state index in [9.17, 15) is 4.79 Å². The molecular formula is C11H11Cl2NO.